The molecule has 0 aliphatic carbocycles. The maximum Gasteiger partial charge on any atom is 0.265 e. The molecule has 0 aromatic heterocycles. The minimum Gasteiger partial charge on any atom is -0.399 e. The SMILES string of the molecule is Nc1ccc(N2CCc3ccccc3CC2)c(C(F)F)c1. The van der Waals surface area contributed by atoms with Crippen molar-refractivity contribution in [2.45, 2.75) is 19.3 Å². The Labute approximate surface area is 123 Å². The van der Waals surface area contributed by atoms with Gasteiger partial charge < -0.3 is 10.6 Å². The Morgan fingerprint density at radius 2 is 1.57 bits per heavy atom. The first-order chi connectivity index (χ1) is 10.1. The Bertz CT molecular complexity index is 613. The van der Waals surface area contributed by atoms with Crippen LogP contribution in [0.25, 0.3) is 0 Å². The first-order valence-electron chi connectivity index (χ1n) is 7.14. The van der Waals surface area contributed by atoms with E-state index in [1.54, 1.807) is 12.1 Å². The lowest BCUT2D eigenvalue weighted by molar-refractivity contribution is 0.152. The summed E-state index contributed by atoms with van der Waals surface area (Å²) in [5, 5.41) is 0. The lowest BCUT2D eigenvalue weighted by atomic mass is 10.0. The first kappa shape index (κ1) is 13.9. The van der Waals surface area contributed by atoms with Gasteiger partial charge in [0.25, 0.3) is 6.43 Å². The van der Waals surface area contributed by atoms with E-state index in [9.17, 15) is 8.78 Å². The van der Waals surface area contributed by atoms with Crippen LogP contribution in [0.4, 0.5) is 20.2 Å². The Morgan fingerprint density at radius 1 is 0.952 bits per heavy atom. The van der Waals surface area contributed by atoms with E-state index in [0.29, 0.717) is 11.4 Å². The molecule has 2 aromatic rings. The second-order valence-electron chi connectivity index (χ2n) is 5.37. The zero-order chi connectivity index (χ0) is 14.8. The van der Waals surface area contributed by atoms with Crippen molar-refractivity contribution < 1.29 is 8.78 Å². The smallest absolute Gasteiger partial charge is 0.265 e. The molecule has 0 saturated carbocycles. The van der Waals surface area contributed by atoms with Gasteiger partial charge in [-0.1, -0.05) is 24.3 Å². The number of anilines is 2. The number of hydrogen-bond donors (Lipinski definition) is 1. The van der Waals surface area contributed by atoms with Gasteiger partial charge >= 0.3 is 0 Å². The second-order valence-corrected chi connectivity index (χ2v) is 5.37. The Morgan fingerprint density at radius 3 is 2.14 bits per heavy atom. The Kier molecular flexibility index (Phi) is 3.78. The van der Waals surface area contributed by atoms with Crippen molar-refractivity contribution in [3.05, 3.63) is 59.2 Å². The van der Waals surface area contributed by atoms with E-state index in [0.717, 1.165) is 25.9 Å². The maximum absolute atomic E-state index is 13.2. The molecule has 2 nitrogen and oxygen atoms in total. The van der Waals surface area contributed by atoms with E-state index in [2.05, 4.69) is 12.1 Å². The van der Waals surface area contributed by atoms with Crippen LogP contribution in [0.15, 0.2) is 42.5 Å². The van der Waals surface area contributed by atoms with E-state index >= 15 is 0 Å². The minimum absolute atomic E-state index is 0.0287. The van der Waals surface area contributed by atoms with Crippen molar-refractivity contribution in [3.63, 3.8) is 0 Å². The molecule has 1 aliphatic rings. The quantitative estimate of drug-likeness (QED) is 0.851. The molecular weight excluding hydrogens is 270 g/mol. The normalized spacial score (nSPS) is 14.9. The van der Waals surface area contributed by atoms with E-state index in [-0.39, 0.29) is 5.56 Å². The van der Waals surface area contributed by atoms with Gasteiger partial charge in [0, 0.05) is 30.0 Å². The van der Waals surface area contributed by atoms with Gasteiger partial charge in [0.15, 0.2) is 0 Å². The van der Waals surface area contributed by atoms with Gasteiger partial charge in [-0.05, 0) is 42.2 Å². The molecular formula is C17H18F2N2. The summed E-state index contributed by atoms with van der Waals surface area (Å²) < 4.78 is 26.5. The molecule has 0 bridgehead atoms. The number of nitrogens with two attached hydrogens (primary N) is 1. The topological polar surface area (TPSA) is 29.3 Å². The molecule has 2 aromatic carbocycles. The van der Waals surface area contributed by atoms with Gasteiger partial charge in [-0.3, -0.25) is 0 Å². The Hall–Kier alpha value is -2.10. The van der Waals surface area contributed by atoms with Crippen LogP contribution in [0.5, 0.6) is 0 Å². The number of nitrogen functional groups attached to an aromatic ring is 1. The lowest BCUT2D eigenvalue weighted by Crippen LogP contribution is -2.27. The molecule has 0 amide bonds. The van der Waals surface area contributed by atoms with Gasteiger partial charge in [-0.15, -0.1) is 0 Å². The summed E-state index contributed by atoms with van der Waals surface area (Å²) in [4.78, 5) is 2.04. The van der Waals surface area contributed by atoms with Crippen molar-refractivity contribution in [2.75, 3.05) is 23.7 Å². The monoisotopic (exact) mass is 288 g/mol. The summed E-state index contributed by atoms with van der Waals surface area (Å²) in [5.41, 5.74) is 9.28. The predicted molar refractivity (Wildman–Crippen MR) is 81.9 cm³/mol. The highest BCUT2D eigenvalue weighted by Crippen LogP contribution is 2.32. The molecule has 0 fully saturated rings. The number of fused-ring (bicyclic) bond motifs is 1. The lowest BCUT2D eigenvalue weighted by Gasteiger charge is -2.25. The van der Waals surface area contributed by atoms with Crippen LogP contribution in [0.3, 0.4) is 0 Å². The van der Waals surface area contributed by atoms with Crippen molar-refractivity contribution in [2.24, 2.45) is 0 Å². The summed E-state index contributed by atoms with van der Waals surface area (Å²) in [6.45, 7) is 1.50. The summed E-state index contributed by atoms with van der Waals surface area (Å²) in [7, 11) is 0. The van der Waals surface area contributed by atoms with E-state index < -0.39 is 6.43 Å². The molecule has 110 valence electrons. The van der Waals surface area contributed by atoms with Gasteiger partial charge in [0.05, 0.1) is 0 Å². The molecule has 0 unspecified atom stereocenters. The molecule has 21 heavy (non-hydrogen) atoms. The van der Waals surface area contributed by atoms with Crippen LogP contribution in [-0.4, -0.2) is 13.1 Å². The van der Waals surface area contributed by atoms with Crippen LogP contribution < -0.4 is 10.6 Å². The summed E-state index contributed by atoms with van der Waals surface area (Å²) in [6.07, 6.45) is -0.749. The second kappa shape index (κ2) is 5.72. The van der Waals surface area contributed by atoms with Crippen molar-refractivity contribution >= 4 is 11.4 Å². The van der Waals surface area contributed by atoms with Gasteiger partial charge in [-0.2, -0.15) is 0 Å². The third kappa shape index (κ3) is 2.84. The third-order valence-corrected chi connectivity index (χ3v) is 4.05. The summed E-state index contributed by atoms with van der Waals surface area (Å²) in [5.74, 6) is 0. The van der Waals surface area contributed by atoms with Crippen LogP contribution in [-0.2, 0) is 12.8 Å². The fourth-order valence-corrected chi connectivity index (χ4v) is 2.94. The third-order valence-electron chi connectivity index (χ3n) is 4.05. The van der Waals surface area contributed by atoms with Crippen molar-refractivity contribution in [1.82, 2.24) is 0 Å². The molecule has 3 rings (SSSR count). The van der Waals surface area contributed by atoms with Crippen molar-refractivity contribution in [3.8, 4) is 0 Å². The molecule has 0 saturated heterocycles. The van der Waals surface area contributed by atoms with Gasteiger partial charge in [-0.25, -0.2) is 8.78 Å². The highest BCUT2D eigenvalue weighted by molar-refractivity contribution is 5.60. The molecule has 0 radical (unpaired) electrons. The number of nitrogens with zero attached hydrogens (tertiary/aromatic N) is 1. The predicted octanol–water partition coefficient (Wildman–Crippen LogP) is 3.81. The zero-order valence-electron chi connectivity index (χ0n) is 11.7. The van der Waals surface area contributed by atoms with Gasteiger partial charge in [0.2, 0.25) is 0 Å². The minimum atomic E-state index is -2.51. The molecule has 2 N–H and O–H groups in total. The fraction of sp³-hybridized carbons (Fsp3) is 0.294. The average molecular weight is 288 g/mol. The van der Waals surface area contributed by atoms with Crippen molar-refractivity contribution in [1.29, 1.82) is 0 Å². The number of rotatable bonds is 2. The van der Waals surface area contributed by atoms with Gasteiger partial charge in [0.1, 0.15) is 0 Å². The molecule has 0 atom stereocenters. The van der Waals surface area contributed by atoms with E-state index in [1.807, 2.05) is 17.0 Å². The molecule has 1 heterocycles. The first-order valence-corrected chi connectivity index (χ1v) is 7.14. The maximum atomic E-state index is 13.2. The van der Waals surface area contributed by atoms with Crippen LogP contribution in [0, 0.1) is 0 Å². The van der Waals surface area contributed by atoms with Crippen LogP contribution >= 0.6 is 0 Å². The number of hydrogen-bond acceptors (Lipinski definition) is 2. The molecule has 4 heteroatoms. The number of benzene rings is 2. The largest absolute Gasteiger partial charge is 0.399 e. The van der Waals surface area contributed by atoms with E-state index in [1.165, 1.54) is 17.2 Å². The van der Waals surface area contributed by atoms with E-state index in [4.69, 9.17) is 5.73 Å². The highest BCUT2D eigenvalue weighted by atomic mass is 19.3. The summed E-state index contributed by atoms with van der Waals surface area (Å²) in [6, 6.07) is 13.1. The van der Waals surface area contributed by atoms with Crippen LogP contribution in [0.1, 0.15) is 23.1 Å². The standard InChI is InChI=1S/C17H18F2N2/c18-17(19)15-11-14(20)5-6-16(15)21-9-7-12-3-1-2-4-13(12)8-10-21/h1-6,11,17H,7-10,20H2. The highest BCUT2D eigenvalue weighted by Gasteiger charge is 2.20. The number of alkyl halides is 2. The average Bonchev–Trinajstić information content (AvgIpc) is 2.70. The Balaban J connectivity index is 1.89. The fourth-order valence-electron chi connectivity index (χ4n) is 2.94. The zero-order valence-corrected chi connectivity index (χ0v) is 11.7. The van der Waals surface area contributed by atoms with Crippen LogP contribution in [0.2, 0.25) is 0 Å². The number of halogens is 2. The molecule has 1 aliphatic heterocycles. The molecule has 0 spiro atoms. The summed E-state index contributed by atoms with van der Waals surface area (Å²) >= 11 is 0.